The molecule has 7 saturated heterocycles. The number of likely N-dealkylation sites (tertiary alicyclic amines) is 3. The van der Waals surface area contributed by atoms with Gasteiger partial charge >= 0.3 is 18.3 Å². The summed E-state index contributed by atoms with van der Waals surface area (Å²) in [5.74, 6) is 0.261. The van der Waals surface area contributed by atoms with Gasteiger partial charge in [0.05, 0.1) is 6.42 Å². The van der Waals surface area contributed by atoms with Crippen LogP contribution in [0.2, 0.25) is 0 Å². The summed E-state index contributed by atoms with van der Waals surface area (Å²) in [6.07, 6.45) is 13.3. The Morgan fingerprint density at radius 3 is 1.28 bits per heavy atom. The lowest BCUT2D eigenvalue weighted by Gasteiger charge is -2.39. The first-order valence-corrected chi connectivity index (χ1v) is 28.7. The van der Waals surface area contributed by atoms with Crippen LogP contribution in [0.4, 0.5) is 14.4 Å². The molecule has 0 radical (unpaired) electrons. The fourth-order valence-electron chi connectivity index (χ4n) is 10.1. The molecule has 0 bridgehead atoms. The molecular weight excluding hydrogens is 1000 g/mol. The minimum atomic E-state index is -0.467. The van der Waals surface area contributed by atoms with Gasteiger partial charge in [-0.25, -0.2) is 14.4 Å². The third-order valence-electron chi connectivity index (χ3n) is 14.0. The number of carbonyl (C=O) groups is 8. The molecule has 0 aromatic rings. The molecular formula is C55H98N12O11. The Morgan fingerprint density at radius 2 is 0.897 bits per heavy atom. The predicted molar refractivity (Wildman–Crippen MR) is 297 cm³/mol. The van der Waals surface area contributed by atoms with Crippen LogP contribution in [0.15, 0.2) is 11.8 Å². The van der Waals surface area contributed by atoms with E-state index in [-0.39, 0.29) is 72.2 Å². The second-order valence-corrected chi connectivity index (χ2v) is 24.4. The fourth-order valence-corrected chi connectivity index (χ4v) is 10.1. The van der Waals surface area contributed by atoms with Gasteiger partial charge in [0.15, 0.2) is 0 Å². The van der Waals surface area contributed by atoms with Crippen molar-refractivity contribution in [3.05, 3.63) is 11.8 Å². The highest BCUT2D eigenvalue weighted by Gasteiger charge is 2.31. The van der Waals surface area contributed by atoms with E-state index in [2.05, 4.69) is 57.2 Å². The van der Waals surface area contributed by atoms with Gasteiger partial charge < -0.3 is 67.4 Å². The van der Waals surface area contributed by atoms with Crippen LogP contribution in [0.1, 0.15) is 159 Å². The van der Waals surface area contributed by atoms with Crippen molar-refractivity contribution in [1.29, 1.82) is 0 Å². The van der Waals surface area contributed by atoms with E-state index in [4.69, 9.17) is 19.9 Å². The van der Waals surface area contributed by atoms with Crippen LogP contribution in [0.5, 0.6) is 0 Å². The molecule has 8 aliphatic heterocycles. The van der Waals surface area contributed by atoms with Crippen molar-refractivity contribution < 1.29 is 52.6 Å². The topological polar surface area (TPSA) is 296 Å². The third kappa shape index (κ3) is 27.6. The molecule has 23 heteroatoms. The first kappa shape index (κ1) is 65.3. The van der Waals surface area contributed by atoms with Crippen molar-refractivity contribution in [2.45, 2.75) is 212 Å². The first-order valence-electron chi connectivity index (χ1n) is 28.7. The first-order chi connectivity index (χ1) is 36.7. The van der Waals surface area contributed by atoms with Crippen LogP contribution in [-0.4, -0.2) is 194 Å². The Kier molecular flexibility index (Phi) is 26.9. The molecule has 8 aliphatic rings. The number of rotatable bonds is 6. The number of carbonyl (C=O) groups excluding carboxylic acids is 8. The van der Waals surface area contributed by atoms with Crippen LogP contribution >= 0.6 is 0 Å². The fraction of sp³-hybridized carbons (Fsp3) is 0.818. The molecule has 23 nitrogen and oxygen atoms in total. The van der Waals surface area contributed by atoms with Crippen molar-refractivity contribution in [2.24, 2.45) is 5.73 Å². The number of nitrogens with two attached hydrogens (primary N) is 1. The highest BCUT2D eigenvalue weighted by atomic mass is 16.6. The molecule has 0 aromatic heterocycles. The molecule has 7 fully saturated rings. The van der Waals surface area contributed by atoms with Crippen molar-refractivity contribution >= 4 is 47.7 Å². The number of ketones is 1. The zero-order valence-corrected chi connectivity index (χ0v) is 48.5. The second-order valence-electron chi connectivity index (χ2n) is 24.4. The van der Waals surface area contributed by atoms with Gasteiger partial charge in [-0.2, -0.15) is 0 Å². The van der Waals surface area contributed by atoms with E-state index in [1.807, 2.05) is 62.3 Å². The van der Waals surface area contributed by atoms with Gasteiger partial charge in [-0.05, 0) is 153 Å². The zero-order chi connectivity index (χ0) is 57.5. The van der Waals surface area contributed by atoms with E-state index in [9.17, 15) is 38.4 Å². The average molecular weight is 1100 g/mol. The van der Waals surface area contributed by atoms with Gasteiger partial charge in [-0.3, -0.25) is 33.8 Å². The van der Waals surface area contributed by atoms with E-state index in [0.717, 1.165) is 142 Å². The highest BCUT2D eigenvalue weighted by Crippen LogP contribution is 2.22. The number of alkyl carbamates (subject to hydrolysis) is 3. The number of amides is 7. The van der Waals surface area contributed by atoms with Gasteiger partial charge in [-0.1, -0.05) is 0 Å². The maximum atomic E-state index is 11.8. The molecule has 8 heterocycles. The minimum Gasteiger partial charge on any atom is -0.444 e. The Morgan fingerprint density at radius 1 is 0.500 bits per heavy atom. The summed E-state index contributed by atoms with van der Waals surface area (Å²) in [6.45, 7) is 27.3. The van der Waals surface area contributed by atoms with Gasteiger partial charge in [0, 0.05) is 126 Å². The maximum Gasteiger partial charge on any atom is 0.407 e. The lowest BCUT2D eigenvalue weighted by molar-refractivity contribution is -0.131. The van der Waals surface area contributed by atoms with E-state index < -0.39 is 16.8 Å². The summed E-state index contributed by atoms with van der Waals surface area (Å²) in [5.41, 5.74) is 5.62. The Bertz CT molecular complexity index is 1960. The number of hydrogen-bond acceptors (Lipinski definition) is 16. The molecule has 0 aromatic carbocycles. The van der Waals surface area contributed by atoms with Crippen LogP contribution in [0, 0.1) is 0 Å². The van der Waals surface area contributed by atoms with Crippen molar-refractivity contribution in [1.82, 2.24) is 57.2 Å². The molecule has 0 spiro atoms. The zero-order valence-electron chi connectivity index (χ0n) is 48.5. The minimum absolute atomic E-state index is 0.00902. The van der Waals surface area contributed by atoms with Gasteiger partial charge in [-0.15, -0.1) is 0 Å². The summed E-state index contributed by atoms with van der Waals surface area (Å²) in [7, 11) is 0. The van der Waals surface area contributed by atoms with E-state index in [1.165, 1.54) is 0 Å². The quantitative estimate of drug-likeness (QED) is 0.136. The van der Waals surface area contributed by atoms with Gasteiger partial charge in [0.1, 0.15) is 22.6 Å². The van der Waals surface area contributed by atoms with Crippen LogP contribution < -0.4 is 48.3 Å². The van der Waals surface area contributed by atoms with Crippen LogP contribution in [0.25, 0.3) is 0 Å². The second kappa shape index (κ2) is 32.1. The summed E-state index contributed by atoms with van der Waals surface area (Å²) >= 11 is 0. The summed E-state index contributed by atoms with van der Waals surface area (Å²) in [6, 6.07) is 1.80. The van der Waals surface area contributed by atoms with E-state index in [1.54, 1.807) is 6.08 Å². The number of nitrogens with zero attached hydrogens (tertiary/aromatic N) is 3. The Hall–Kier alpha value is -5.26. The average Bonchev–Trinajstić information content (AvgIpc) is 3.34. The highest BCUT2D eigenvalue weighted by molar-refractivity contribution is 6.00. The molecule has 7 amide bonds. The Balaban J connectivity index is 0.000000217. The van der Waals surface area contributed by atoms with Gasteiger partial charge in [0.2, 0.25) is 23.6 Å². The van der Waals surface area contributed by atoms with Crippen LogP contribution in [0.3, 0.4) is 0 Å². The van der Waals surface area contributed by atoms with Crippen molar-refractivity contribution in [2.75, 3.05) is 78.5 Å². The van der Waals surface area contributed by atoms with Crippen LogP contribution in [-0.2, 0) is 38.2 Å². The Labute approximate surface area is 463 Å². The third-order valence-corrected chi connectivity index (χ3v) is 14.0. The molecule has 8 rings (SSSR count). The SMILES string of the molecule is CC(C)(C)OC(=O)NC1CCN(C2=CC(=O)NCC2)CC1.CC(C)(C)OC(=O)NC1CCN(C2CCNC(=O)C2)CC1.CC(C)(C)OC(=O)NC1CCNCC1.NC1CCN(C2CCNC(=O)C2)CC1.O=C1CCNC(=O)C1. The number of Topliss-reactive ketones (excluding diaryl/α,β-unsaturated/α-hetero) is 1. The number of ether oxygens (including phenoxy) is 3. The summed E-state index contributed by atoms with van der Waals surface area (Å²) in [4.78, 5) is 96.7. The summed E-state index contributed by atoms with van der Waals surface area (Å²) < 4.78 is 15.7. The molecule has 10 N–H and O–H groups in total. The lowest BCUT2D eigenvalue weighted by atomic mass is 9.98. The molecule has 2 unspecified atom stereocenters. The number of nitrogens with one attached hydrogen (secondary N) is 8. The summed E-state index contributed by atoms with van der Waals surface area (Å²) in [5, 5.41) is 23.1. The predicted octanol–water partition coefficient (Wildman–Crippen LogP) is 3.05. The molecule has 0 aliphatic carbocycles. The smallest absolute Gasteiger partial charge is 0.407 e. The maximum absolute atomic E-state index is 11.8. The van der Waals surface area contributed by atoms with E-state index in [0.29, 0.717) is 50.5 Å². The normalized spacial score (nSPS) is 23.5. The van der Waals surface area contributed by atoms with Crippen molar-refractivity contribution in [3.8, 4) is 0 Å². The number of hydrogen-bond donors (Lipinski definition) is 9. The molecule has 444 valence electrons. The number of piperidine rings is 7. The largest absolute Gasteiger partial charge is 0.444 e. The monoisotopic (exact) mass is 1100 g/mol. The lowest BCUT2D eigenvalue weighted by Crippen LogP contribution is -2.52. The van der Waals surface area contributed by atoms with Gasteiger partial charge in [0.25, 0.3) is 0 Å². The molecule has 0 saturated carbocycles. The standard InChI is InChI=1S/C15H27N3O3.C15H25N3O3.C10H19N3O.C10H20N2O2.C5H7NO2/c2*1-15(2,3)21-14(20)17-11-5-8-18(9-6-11)12-4-7-16-13(19)10-12;11-8-2-5-13(6-3-8)9-1-4-12-10(14)7-9;1-10(2,3)14-9(13)12-8-4-6-11-7-5-8;7-4-1-2-6-5(8)3-4/h11-12H,4-10H2,1-3H3,(H,16,19)(H,17,20);10-11H,4-9H2,1-3H3,(H,16,19)(H,17,20);8-9H,1-7,11H2,(H,12,14);8,11H,4-7H2,1-3H3,(H,12,13);1-3H2,(H,6,8). The molecule has 2 atom stereocenters. The van der Waals surface area contributed by atoms with E-state index >= 15 is 0 Å². The molecule has 78 heavy (non-hydrogen) atoms. The van der Waals surface area contributed by atoms with Crippen molar-refractivity contribution in [3.63, 3.8) is 0 Å².